The van der Waals surface area contributed by atoms with E-state index in [-0.39, 0.29) is 18.3 Å². The van der Waals surface area contributed by atoms with Gasteiger partial charge < -0.3 is 14.4 Å². The van der Waals surface area contributed by atoms with E-state index < -0.39 is 5.92 Å². The molecule has 136 valence electrons. The molecule has 0 spiro atoms. The van der Waals surface area contributed by atoms with E-state index in [4.69, 9.17) is 9.47 Å². The second-order valence-corrected chi connectivity index (χ2v) is 6.50. The normalized spacial score (nSPS) is 16.7. The molecule has 1 amide bonds. The maximum Gasteiger partial charge on any atom is 0.316 e. The molecule has 1 saturated heterocycles. The molecular weight excluding hydrogens is 330 g/mol. The number of aryl methyl sites for hydroxylation is 2. The van der Waals surface area contributed by atoms with Crippen LogP contribution in [0.3, 0.4) is 0 Å². The first-order chi connectivity index (χ1) is 12.5. The molecule has 0 radical (unpaired) electrons. The van der Waals surface area contributed by atoms with E-state index in [1.54, 1.807) is 4.90 Å². The smallest absolute Gasteiger partial charge is 0.316 e. The fourth-order valence-electron chi connectivity index (χ4n) is 3.06. The number of rotatable bonds is 5. The molecule has 26 heavy (non-hydrogen) atoms. The highest BCUT2D eigenvalue weighted by molar-refractivity contribution is 6.00. The summed E-state index contributed by atoms with van der Waals surface area (Å²) in [5.74, 6) is 0.239. The lowest BCUT2D eigenvalue weighted by Crippen LogP contribution is -2.27. The van der Waals surface area contributed by atoms with Crippen LogP contribution in [0, 0.1) is 19.8 Å². The summed E-state index contributed by atoms with van der Waals surface area (Å²) in [6.07, 6.45) is 0.143. The lowest BCUT2D eigenvalue weighted by molar-refractivity contribution is -0.139. The Labute approximate surface area is 153 Å². The average Bonchev–Trinajstić information content (AvgIpc) is 3.01. The van der Waals surface area contributed by atoms with Gasteiger partial charge in [0, 0.05) is 13.0 Å². The summed E-state index contributed by atoms with van der Waals surface area (Å²) in [6, 6.07) is 13.1. The molecule has 0 N–H and O–H groups in total. The number of anilines is 1. The number of ether oxygens (including phenoxy) is 2. The fourth-order valence-corrected chi connectivity index (χ4v) is 3.06. The number of para-hydroxylation sites is 2. The molecule has 0 saturated carbocycles. The topological polar surface area (TPSA) is 55.8 Å². The van der Waals surface area contributed by atoms with Crippen LogP contribution in [0.5, 0.6) is 11.5 Å². The van der Waals surface area contributed by atoms with Crippen LogP contribution in [-0.2, 0) is 9.59 Å². The molecule has 2 aromatic carbocycles. The molecule has 1 atom stereocenters. The predicted octanol–water partition coefficient (Wildman–Crippen LogP) is 3.66. The van der Waals surface area contributed by atoms with E-state index in [0.29, 0.717) is 30.3 Å². The van der Waals surface area contributed by atoms with E-state index in [1.165, 1.54) is 0 Å². The molecule has 1 heterocycles. The first-order valence-electron chi connectivity index (χ1n) is 8.80. The number of carbonyl (C=O) groups excluding carboxylic acids is 2. The number of hydrogen-bond acceptors (Lipinski definition) is 4. The zero-order chi connectivity index (χ0) is 18.7. The molecule has 0 aliphatic carbocycles. The minimum atomic E-state index is -0.489. The van der Waals surface area contributed by atoms with Gasteiger partial charge >= 0.3 is 5.97 Å². The van der Waals surface area contributed by atoms with E-state index >= 15 is 0 Å². The molecule has 1 aliphatic heterocycles. The van der Waals surface area contributed by atoms with Gasteiger partial charge in [0.25, 0.3) is 0 Å². The number of esters is 1. The van der Waals surface area contributed by atoms with E-state index in [2.05, 4.69) is 0 Å². The van der Waals surface area contributed by atoms with Crippen molar-refractivity contribution in [2.45, 2.75) is 27.2 Å². The van der Waals surface area contributed by atoms with Gasteiger partial charge in [-0.3, -0.25) is 9.59 Å². The first kappa shape index (κ1) is 18.0. The molecule has 2 aromatic rings. The summed E-state index contributed by atoms with van der Waals surface area (Å²) in [5.41, 5.74) is 2.61. The second-order valence-electron chi connectivity index (χ2n) is 6.50. The Morgan fingerprint density at radius 3 is 2.69 bits per heavy atom. The number of hydrogen-bond donors (Lipinski definition) is 0. The first-order valence-corrected chi connectivity index (χ1v) is 8.80. The number of carbonyl (C=O) groups is 2. The van der Waals surface area contributed by atoms with Gasteiger partial charge in [-0.05, 0) is 50.1 Å². The molecule has 5 heteroatoms. The Balaban J connectivity index is 1.75. The average molecular weight is 353 g/mol. The zero-order valence-corrected chi connectivity index (χ0v) is 15.3. The fraction of sp³-hybridized carbons (Fsp3) is 0.333. The highest BCUT2D eigenvalue weighted by Crippen LogP contribution is 2.33. The third-order valence-corrected chi connectivity index (χ3v) is 4.47. The highest BCUT2D eigenvalue weighted by atomic mass is 16.5. The van der Waals surface area contributed by atoms with Gasteiger partial charge in [-0.2, -0.15) is 0 Å². The Kier molecular flexibility index (Phi) is 5.26. The van der Waals surface area contributed by atoms with E-state index in [1.807, 2.05) is 63.2 Å². The van der Waals surface area contributed by atoms with Gasteiger partial charge in [-0.1, -0.05) is 24.3 Å². The number of benzene rings is 2. The van der Waals surface area contributed by atoms with Crippen molar-refractivity contribution in [2.24, 2.45) is 5.92 Å². The second kappa shape index (κ2) is 7.60. The summed E-state index contributed by atoms with van der Waals surface area (Å²) in [4.78, 5) is 26.7. The molecule has 1 aliphatic rings. The van der Waals surface area contributed by atoms with Crippen molar-refractivity contribution >= 4 is 17.6 Å². The lowest BCUT2D eigenvalue weighted by Gasteiger charge is -2.20. The largest absolute Gasteiger partial charge is 0.492 e. The maximum absolute atomic E-state index is 12.6. The molecule has 0 unspecified atom stereocenters. The maximum atomic E-state index is 12.6. The van der Waals surface area contributed by atoms with Gasteiger partial charge in [0.15, 0.2) is 0 Å². The summed E-state index contributed by atoms with van der Waals surface area (Å²) >= 11 is 0. The van der Waals surface area contributed by atoms with Gasteiger partial charge in [-0.15, -0.1) is 0 Å². The van der Waals surface area contributed by atoms with Crippen LogP contribution in [0.15, 0.2) is 42.5 Å². The van der Waals surface area contributed by atoms with Crippen molar-refractivity contribution in [3.63, 3.8) is 0 Å². The molecule has 0 bridgehead atoms. The van der Waals surface area contributed by atoms with E-state index in [0.717, 1.165) is 11.1 Å². The minimum Gasteiger partial charge on any atom is -0.492 e. The monoisotopic (exact) mass is 353 g/mol. The summed E-state index contributed by atoms with van der Waals surface area (Å²) in [7, 11) is 0. The van der Waals surface area contributed by atoms with Crippen LogP contribution < -0.4 is 14.4 Å². The number of nitrogens with zero attached hydrogens (tertiary/aromatic N) is 1. The van der Waals surface area contributed by atoms with Crippen molar-refractivity contribution in [3.8, 4) is 11.5 Å². The Morgan fingerprint density at radius 1 is 1.15 bits per heavy atom. The molecule has 3 rings (SSSR count). The van der Waals surface area contributed by atoms with Crippen molar-refractivity contribution in [2.75, 3.05) is 18.1 Å². The molecule has 5 nitrogen and oxygen atoms in total. The number of amides is 1. The molecule has 1 fully saturated rings. The van der Waals surface area contributed by atoms with Crippen LogP contribution >= 0.6 is 0 Å². The van der Waals surface area contributed by atoms with Gasteiger partial charge in [0.1, 0.15) is 11.5 Å². The summed E-state index contributed by atoms with van der Waals surface area (Å²) in [5, 5.41) is 0. The van der Waals surface area contributed by atoms with Gasteiger partial charge in [0.2, 0.25) is 5.91 Å². The predicted molar refractivity (Wildman–Crippen MR) is 99.6 cm³/mol. The van der Waals surface area contributed by atoms with Crippen LogP contribution in [0.2, 0.25) is 0 Å². The SMILES string of the molecule is CCOc1ccccc1N1C[C@H](C(=O)Oc2cc(C)ccc2C)CC1=O. The van der Waals surface area contributed by atoms with Gasteiger partial charge in [-0.25, -0.2) is 0 Å². The van der Waals surface area contributed by atoms with Crippen molar-refractivity contribution in [1.82, 2.24) is 0 Å². The van der Waals surface area contributed by atoms with Gasteiger partial charge in [0.05, 0.1) is 18.2 Å². The van der Waals surface area contributed by atoms with Crippen molar-refractivity contribution in [1.29, 1.82) is 0 Å². The highest BCUT2D eigenvalue weighted by Gasteiger charge is 2.37. The third kappa shape index (κ3) is 3.72. The van der Waals surface area contributed by atoms with E-state index in [9.17, 15) is 9.59 Å². The molecule has 0 aromatic heterocycles. The standard InChI is InChI=1S/C21H23NO4/c1-4-25-18-8-6-5-7-17(18)22-13-16(12-20(22)23)21(24)26-19-11-14(2)9-10-15(19)3/h5-11,16H,4,12-13H2,1-3H3/t16-/m1/s1. The zero-order valence-electron chi connectivity index (χ0n) is 15.3. The van der Waals surface area contributed by atoms with Crippen LogP contribution in [0.1, 0.15) is 24.5 Å². The summed E-state index contributed by atoms with van der Waals surface area (Å²) in [6.45, 7) is 6.55. The van der Waals surface area contributed by atoms with Crippen LogP contribution in [0.4, 0.5) is 5.69 Å². The Bertz CT molecular complexity index is 831. The Morgan fingerprint density at radius 2 is 1.92 bits per heavy atom. The summed E-state index contributed by atoms with van der Waals surface area (Å²) < 4.78 is 11.2. The van der Waals surface area contributed by atoms with Crippen molar-refractivity contribution in [3.05, 3.63) is 53.6 Å². The minimum absolute atomic E-state index is 0.0972. The van der Waals surface area contributed by atoms with Crippen molar-refractivity contribution < 1.29 is 19.1 Å². The van der Waals surface area contributed by atoms with Crippen LogP contribution in [-0.4, -0.2) is 25.0 Å². The molecular formula is C21H23NO4. The quantitative estimate of drug-likeness (QED) is 0.608. The third-order valence-electron chi connectivity index (χ3n) is 4.47. The van der Waals surface area contributed by atoms with Crippen LogP contribution in [0.25, 0.3) is 0 Å². The lowest BCUT2D eigenvalue weighted by atomic mass is 10.1. The Hall–Kier alpha value is -2.82.